The lowest BCUT2D eigenvalue weighted by Gasteiger charge is -2.37. The van der Waals surface area contributed by atoms with E-state index in [1.807, 2.05) is 0 Å². The van der Waals surface area contributed by atoms with Gasteiger partial charge in [0.1, 0.15) is 5.54 Å². The topological polar surface area (TPSA) is 96.3 Å². The number of hydrogen-bond donors (Lipinski definition) is 3. The third-order valence-corrected chi connectivity index (χ3v) is 4.26. The summed E-state index contributed by atoms with van der Waals surface area (Å²) in [5.41, 5.74) is -0.615. The first-order chi connectivity index (χ1) is 9.95. The Labute approximate surface area is 123 Å². The molecule has 1 saturated carbocycles. The standard InChI is InChI=1S/C14H22N4O3/c1-3-10-4-6-14(7-5-10,12(19)20)17-13(21)16-11-8-15-18(2)9-11/h8-10H,3-7H2,1-2H3,(H,19,20)(H2,16,17,21). The molecule has 0 bridgehead atoms. The molecule has 0 radical (unpaired) electrons. The van der Waals surface area contributed by atoms with Crippen molar-refractivity contribution in [3.05, 3.63) is 12.4 Å². The summed E-state index contributed by atoms with van der Waals surface area (Å²) >= 11 is 0. The van der Waals surface area contributed by atoms with E-state index in [2.05, 4.69) is 22.7 Å². The minimum absolute atomic E-state index is 0.474. The van der Waals surface area contributed by atoms with E-state index < -0.39 is 17.5 Å². The number of anilines is 1. The van der Waals surface area contributed by atoms with Crippen LogP contribution in [0.15, 0.2) is 12.4 Å². The Bertz CT molecular complexity index is 518. The van der Waals surface area contributed by atoms with E-state index in [1.165, 1.54) is 6.20 Å². The number of carbonyl (C=O) groups is 2. The van der Waals surface area contributed by atoms with Crippen molar-refractivity contribution in [1.29, 1.82) is 0 Å². The predicted octanol–water partition coefficient (Wildman–Crippen LogP) is 1.97. The van der Waals surface area contributed by atoms with E-state index in [0.717, 1.165) is 19.3 Å². The first kappa shape index (κ1) is 15.3. The number of aromatic nitrogens is 2. The summed E-state index contributed by atoms with van der Waals surface area (Å²) in [5.74, 6) is -0.404. The number of carbonyl (C=O) groups excluding carboxylic acids is 1. The molecule has 7 heteroatoms. The molecule has 1 aromatic heterocycles. The first-order valence-electron chi connectivity index (χ1n) is 7.26. The summed E-state index contributed by atoms with van der Waals surface area (Å²) in [6.45, 7) is 2.11. The minimum atomic E-state index is -1.15. The number of nitrogens with one attached hydrogen (secondary N) is 2. The van der Waals surface area contributed by atoms with Gasteiger partial charge in [-0.25, -0.2) is 9.59 Å². The number of amides is 2. The lowest BCUT2D eigenvalue weighted by atomic mass is 9.75. The van der Waals surface area contributed by atoms with Crippen molar-refractivity contribution >= 4 is 17.7 Å². The molecule has 0 atom stereocenters. The van der Waals surface area contributed by atoms with Gasteiger partial charge in [-0.1, -0.05) is 13.3 Å². The van der Waals surface area contributed by atoms with Gasteiger partial charge in [0.25, 0.3) is 0 Å². The van der Waals surface area contributed by atoms with Crippen molar-refractivity contribution in [3.63, 3.8) is 0 Å². The van der Waals surface area contributed by atoms with E-state index in [4.69, 9.17) is 0 Å². The van der Waals surface area contributed by atoms with Crippen LogP contribution in [0.3, 0.4) is 0 Å². The van der Waals surface area contributed by atoms with Gasteiger partial charge in [0, 0.05) is 13.2 Å². The highest BCUT2D eigenvalue weighted by Crippen LogP contribution is 2.34. The largest absolute Gasteiger partial charge is 0.480 e. The molecule has 2 rings (SSSR count). The van der Waals surface area contributed by atoms with Gasteiger partial charge in [-0.05, 0) is 31.6 Å². The lowest BCUT2D eigenvalue weighted by molar-refractivity contribution is -0.146. The van der Waals surface area contributed by atoms with Gasteiger partial charge >= 0.3 is 12.0 Å². The zero-order valence-corrected chi connectivity index (χ0v) is 12.4. The number of urea groups is 1. The van der Waals surface area contributed by atoms with Gasteiger partial charge in [0.05, 0.1) is 11.9 Å². The van der Waals surface area contributed by atoms with E-state index in [1.54, 1.807) is 17.9 Å². The average molecular weight is 294 g/mol. The molecule has 116 valence electrons. The van der Waals surface area contributed by atoms with Gasteiger partial charge in [-0.15, -0.1) is 0 Å². The Morgan fingerprint density at radius 2 is 2.14 bits per heavy atom. The zero-order chi connectivity index (χ0) is 15.5. The summed E-state index contributed by atoms with van der Waals surface area (Å²) < 4.78 is 1.56. The quantitative estimate of drug-likeness (QED) is 0.791. The Kier molecular flexibility index (Phi) is 4.50. The number of carboxylic acids is 1. The predicted molar refractivity (Wildman–Crippen MR) is 78.0 cm³/mol. The fraction of sp³-hybridized carbons (Fsp3) is 0.643. The molecule has 0 aromatic carbocycles. The van der Waals surface area contributed by atoms with Crippen molar-refractivity contribution in [3.8, 4) is 0 Å². The van der Waals surface area contributed by atoms with Crippen molar-refractivity contribution in [2.75, 3.05) is 5.32 Å². The highest BCUT2D eigenvalue weighted by molar-refractivity contribution is 5.93. The third kappa shape index (κ3) is 3.53. The van der Waals surface area contributed by atoms with Crippen LogP contribution in [-0.2, 0) is 11.8 Å². The van der Waals surface area contributed by atoms with Gasteiger partial charge in [0.2, 0.25) is 0 Å². The number of hydrogen-bond acceptors (Lipinski definition) is 3. The molecule has 3 N–H and O–H groups in total. The van der Waals surface area contributed by atoms with Crippen LogP contribution in [-0.4, -0.2) is 32.4 Å². The van der Waals surface area contributed by atoms with Crippen LogP contribution in [0.25, 0.3) is 0 Å². The number of nitrogens with zero attached hydrogens (tertiary/aromatic N) is 2. The highest BCUT2D eigenvalue weighted by Gasteiger charge is 2.43. The molecule has 1 fully saturated rings. The number of aryl methyl sites for hydroxylation is 1. The summed E-state index contributed by atoms with van der Waals surface area (Å²) in [6, 6.07) is -0.500. The molecular formula is C14H22N4O3. The zero-order valence-electron chi connectivity index (χ0n) is 12.4. The normalized spacial score (nSPS) is 25.3. The molecule has 0 aliphatic heterocycles. The fourth-order valence-electron chi connectivity index (χ4n) is 2.84. The van der Waals surface area contributed by atoms with Crippen LogP contribution in [0.1, 0.15) is 39.0 Å². The Morgan fingerprint density at radius 3 is 2.62 bits per heavy atom. The molecular weight excluding hydrogens is 272 g/mol. The second-order valence-electron chi connectivity index (χ2n) is 5.72. The van der Waals surface area contributed by atoms with Crippen molar-refractivity contribution in [2.24, 2.45) is 13.0 Å². The maximum Gasteiger partial charge on any atom is 0.329 e. The summed E-state index contributed by atoms with van der Waals surface area (Å²) in [7, 11) is 1.74. The van der Waals surface area contributed by atoms with Crippen molar-refractivity contribution < 1.29 is 14.7 Å². The van der Waals surface area contributed by atoms with E-state index in [0.29, 0.717) is 24.4 Å². The maximum absolute atomic E-state index is 12.0. The molecule has 1 aliphatic rings. The minimum Gasteiger partial charge on any atom is -0.480 e. The third-order valence-electron chi connectivity index (χ3n) is 4.26. The van der Waals surface area contributed by atoms with Crippen LogP contribution in [0.2, 0.25) is 0 Å². The SMILES string of the molecule is CCC1CCC(NC(=O)Nc2cnn(C)c2)(C(=O)O)CC1. The van der Waals surface area contributed by atoms with Crippen LogP contribution < -0.4 is 10.6 Å². The van der Waals surface area contributed by atoms with Crippen molar-refractivity contribution in [2.45, 2.75) is 44.6 Å². The van der Waals surface area contributed by atoms with Crippen LogP contribution in [0.4, 0.5) is 10.5 Å². The molecule has 0 unspecified atom stereocenters. The summed E-state index contributed by atoms with van der Waals surface area (Å²) in [4.78, 5) is 23.6. The van der Waals surface area contributed by atoms with E-state index in [-0.39, 0.29) is 0 Å². The monoisotopic (exact) mass is 294 g/mol. The lowest BCUT2D eigenvalue weighted by Crippen LogP contribution is -2.57. The second-order valence-corrected chi connectivity index (χ2v) is 5.72. The Balaban J connectivity index is 2.00. The molecule has 2 amide bonds. The molecule has 7 nitrogen and oxygen atoms in total. The molecule has 21 heavy (non-hydrogen) atoms. The van der Waals surface area contributed by atoms with Gasteiger partial charge in [-0.3, -0.25) is 4.68 Å². The number of rotatable bonds is 4. The Hall–Kier alpha value is -2.05. The van der Waals surface area contributed by atoms with Gasteiger partial charge in [-0.2, -0.15) is 5.10 Å². The maximum atomic E-state index is 12.0. The average Bonchev–Trinajstić information content (AvgIpc) is 2.84. The smallest absolute Gasteiger partial charge is 0.329 e. The second kappa shape index (κ2) is 6.15. The van der Waals surface area contributed by atoms with Crippen LogP contribution in [0, 0.1) is 5.92 Å². The highest BCUT2D eigenvalue weighted by atomic mass is 16.4. The summed E-state index contributed by atoms with van der Waals surface area (Å²) in [5, 5.41) is 18.7. The number of carboxylic acid groups (broad SMARTS) is 1. The summed E-state index contributed by atoms with van der Waals surface area (Å²) in [6.07, 6.45) is 6.83. The van der Waals surface area contributed by atoms with E-state index >= 15 is 0 Å². The van der Waals surface area contributed by atoms with Crippen LogP contribution in [0.5, 0.6) is 0 Å². The number of aliphatic carboxylic acids is 1. The molecule has 1 heterocycles. The van der Waals surface area contributed by atoms with Crippen LogP contribution >= 0.6 is 0 Å². The molecule has 1 aromatic rings. The molecule has 0 saturated heterocycles. The van der Waals surface area contributed by atoms with Gasteiger partial charge in [0.15, 0.2) is 0 Å². The van der Waals surface area contributed by atoms with Gasteiger partial charge < -0.3 is 15.7 Å². The fourth-order valence-corrected chi connectivity index (χ4v) is 2.84. The molecule has 1 aliphatic carbocycles. The Morgan fingerprint density at radius 1 is 1.48 bits per heavy atom. The van der Waals surface area contributed by atoms with Crippen molar-refractivity contribution in [1.82, 2.24) is 15.1 Å². The van der Waals surface area contributed by atoms with E-state index in [9.17, 15) is 14.7 Å². The first-order valence-corrected chi connectivity index (χ1v) is 7.26. The molecule has 0 spiro atoms.